The van der Waals surface area contributed by atoms with Crippen LogP contribution in [-0.2, 0) is 13.0 Å². The second kappa shape index (κ2) is 6.45. The third-order valence-electron chi connectivity index (χ3n) is 4.15. The van der Waals surface area contributed by atoms with Crippen LogP contribution in [-0.4, -0.2) is 43.9 Å². The fraction of sp³-hybridized carbons (Fsp3) is 0.222. The molecule has 0 saturated heterocycles. The number of rotatable bonds is 4. The van der Waals surface area contributed by atoms with Gasteiger partial charge in [0.1, 0.15) is 11.4 Å². The summed E-state index contributed by atoms with van der Waals surface area (Å²) < 4.78 is 1.71. The minimum atomic E-state index is -0.112. The molecule has 3 aromatic rings. The maximum Gasteiger partial charge on any atom is 0.269 e. The third kappa shape index (κ3) is 3.01. The summed E-state index contributed by atoms with van der Waals surface area (Å²) in [6, 6.07) is 11.3. The molecule has 2 N–H and O–H groups in total. The predicted molar refractivity (Wildman–Crippen MR) is 91.8 cm³/mol. The van der Waals surface area contributed by atoms with Crippen LogP contribution in [0, 0.1) is 0 Å². The largest absolute Gasteiger partial charge is 0.396 e. The number of aliphatic hydroxyl groups is 1. The van der Waals surface area contributed by atoms with Gasteiger partial charge in [-0.15, -0.1) is 0 Å². The van der Waals surface area contributed by atoms with E-state index in [9.17, 15) is 4.79 Å². The molecule has 0 fully saturated rings. The molecule has 4 rings (SSSR count). The SMILES string of the molecule is O=C1NCCn2nc(-c3ccnc(-c4ccc(CCO)cc4)n3)cc21. The Labute approximate surface area is 144 Å². The van der Waals surface area contributed by atoms with Crippen LogP contribution in [0.3, 0.4) is 0 Å². The number of nitrogens with zero attached hydrogens (tertiary/aromatic N) is 4. The molecule has 1 aliphatic rings. The normalized spacial score (nSPS) is 13.4. The number of hydrogen-bond donors (Lipinski definition) is 2. The number of hydrogen-bond acceptors (Lipinski definition) is 5. The van der Waals surface area contributed by atoms with Crippen molar-refractivity contribution >= 4 is 5.91 Å². The fourth-order valence-corrected chi connectivity index (χ4v) is 2.85. The Hall–Kier alpha value is -3.06. The van der Waals surface area contributed by atoms with Gasteiger partial charge < -0.3 is 10.4 Å². The summed E-state index contributed by atoms with van der Waals surface area (Å²) in [4.78, 5) is 20.8. The van der Waals surface area contributed by atoms with Crippen molar-refractivity contribution in [3.63, 3.8) is 0 Å². The van der Waals surface area contributed by atoms with E-state index in [0.29, 0.717) is 42.4 Å². The Balaban J connectivity index is 1.66. The average Bonchev–Trinajstić information content (AvgIpc) is 3.09. The number of benzene rings is 1. The third-order valence-corrected chi connectivity index (χ3v) is 4.15. The van der Waals surface area contributed by atoms with Crippen molar-refractivity contribution < 1.29 is 9.90 Å². The van der Waals surface area contributed by atoms with Crippen LogP contribution in [0.2, 0.25) is 0 Å². The summed E-state index contributed by atoms with van der Waals surface area (Å²) >= 11 is 0. The van der Waals surface area contributed by atoms with Gasteiger partial charge in [-0.2, -0.15) is 5.10 Å². The molecule has 7 heteroatoms. The van der Waals surface area contributed by atoms with Crippen molar-refractivity contribution in [3.8, 4) is 22.8 Å². The zero-order chi connectivity index (χ0) is 17.2. The zero-order valence-corrected chi connectivity index (χ0v) is 13.5. The number of carbonyl (C=O) groups excluding carboxylic acids is 1. The lowest BCUT2D eigenvalue weighted by Gasteiger charge is -2.13. The zero-order valence-electron chi connectivity index (χ0n) is 13.5. The molecule has 0 saturated carbocycles. The molecule has 25 heavy (non-hydrogen) atoms. The van der Waals surface area contributed by atoms with Gasteiger partial charge in [-0.25, -0.2) is 9.97 Å². The van der Waals surface area contributed by atoms with Crippen molar-refractivity contribution in [1.29, 1.82) is 0 Å². The molecule has 2 aromatic heterocycles. The molecule has 0 radical (unpaired) electrons. The number of carbonyl (C=O) groups is 1. The molecule has 126 valence electrons. The Morgan fingerprint density at radius 1 is 1.16 bits per heavy atom. The number of aromatic nitrogens is 4. The van der Waals surface area contributed by atoms with Gasteiger partial charge >= 0.3 is 0 Å². The smallest absolute Gasteiger partial charge is 0.269 e. The molecular formula is C18H17N5O2. The molecule has 0 aliphatic carbocycles. The highest BCUT2D eigenvalue weighted by atomic mass is 16.3. The first kappa shape index (κ1) is 15.5. The summed E-state index contributed by atoms with van der Waals surface area (Å²) in [6.45, 7) is 1.37. The van der Waals surface area contributed by atoms with E-state index in [2.05, 4.69) is 20.4 Å². The molecular weight excluding hydrogens is 318 g/mol. The molecule has 3 heterocycles. The van der Waals surface area contributed by atoms with Gasteiger partial charge in [0.15, 0.2) is 5.82 Å². The van der Waals surface area contributed by atoms with E-state index in [1.807, 2.05) is 24.3 Å². The maximum absolute atomic E-state index is 11.9. The highest BCUT2D eigenvalue weighted by Crippen LogP contribution is 2.22. The molecule has 0 spiro atoms. The average molecular weight is 335 g/mol. The molecule has 1 aliphatic heterocycles. The van der Waals surface area contributed by atoms with Gasteiger partial charge in [-0.05, 0) is 24.1 Å². The molecule has 1 aromatic carbocycles. The Morgan fingerprint density at radius 2 is 2.00 bits per heavy atom. The lowest BCUT2D eigenvalue weighted by Crippen LogP contribution is -2.35. The topological polar surface area (TPSA) is 92.9 Å². The Bertz CT molecular complexity index is 917. The van der Waals surface area contributed by atoms with Gasteiger partial charge in [0.2, 0.25) is 0 Å². The quantitative estimate of drug-likeness (QED) is 0.749. The lowest BCUT2D eigenvalue weighted by molar-refractivity contribution is 0.0924. The van der Waals surface area contributed by atoms with Crippen molar-refractivity contribution in [2.45, 2.75) is 13.0 Å². The van der Waals surface area contributed by atoms with Crippen LogP contribution in [0.1, 0.15) is 16.1 Å². The van der Waals surface area contributed by atoms with E-state index in [0.717, 1.165) is 11.1 Å². The van der Waals surface area contributed by atoms with Crippen LogP contribution in [0.4, 0.5) is 0 Å². The fourth-order valence-electron chi connectivity index (χ4n) is 2.85. The van der Waals surface area contributed by atoms with E-state index in [1.165, 1.54) is 0 Å². The minimum Gasteiger partial charge on any atom is -0.396 e. The predicted octanol–water partition coefficient (Wildman–Crippen LogP) is 1.29. The van der Waals surface area contributed by atoms with E-state index in [4.69, 9.17) is 5.11 Å². The number of amides is 1. The van der Waals surface area contributed by atoms with Crippen molar-refractivity contribution in [2.24, 2.45) is 0 Å². The summed E-state index contributed by atoms with van der Waals surface area (Å²) in [6.07, 6.45) is 2.32. The minimum absolute atomic E-state index is 0.112. The molecule has 1 amide bonds. The molecule has 0 atom stereocenters. The summed E-state index contributed by atoms with van der Waals surface area (Å²) in [5, 5.41) is 16.3. The van der Waals surface area contributed by atoms with Crippen LogP contribution in [0.15, 0.2) is 42.6 Å². The number of aliphatic hydroxyl groups excluding tert-OH is 1. The molecule has 7 nitrogen and oxygen atoms in total. The highest BCUT2D eigenvalue weighted by Gasteiger charge is 2.20. The second-order valence-corrected chi connectivity index (χ2v) is 5.83. The summed E-state index contributed by atoms with van der Waals surface area (Å²) in [5.41, 5.74) is 3.85. The lowest BCUT2D eigenvalue weighted by atomic mass is 10.1. The standard InChI is InChI=1S/C18H17N5O2/c24-10-6-12-1-3-13(4-2-12)17-19-7-5-14(21-17)15-11-16-18(25)20-8-9-23(16)22-15/h1-5,7,11,24H,6,8-10H2,(H,20,25). The van der Waals surface area contributed by atoms with Gasteiger partial charge in [0, 0.05) is 24.9 Å². The Morgan fingerprint density at radius 3 is 2.76 bits per heavy atom. The van der Waals surface area contributed by atoms with E-state index < -0.39 is 0 Å². The van der Waals surface area contributed by atoms with Crippen molar-refractivity contribution in [2.75, 3.05) is 13.2 Å². The highest BCUT2D eigenvalue weighted by molar-refractivity contribution is 5.94. The molecule has 0 unspecified atom stereocenters. The first-order valence-electron chi connectivity index (χ1n) is 8.14. The van der Waals surface area contributed by atoms with E-state index >= 15 is 0 Å². The van der Waals surface area contributed by atoms with Crippen LogP contribution < -0.4 is 5.32 Å². The van der Waals surface area contributed by atoms with E-state index in [1.54, 1.807) is 23.0 Å². The van der Waals surface area contributed by atoms with Crippen molar-refractivity contribution in [1.82, 2.24) is 25.1 Å². The maximum atomic E-state index is 11.9. The van der Waals surface area contributed by atoms with Crippen LogP contribution in [0.25, 0.3) is 22.8 Å². The molecule has 0 bridgehead atoms. The van der Waals surface area contributed by atoms with Crippen molar-refractivity contribution in [3.05, 3.63) is 53.9 Å². The van der Waals surface area contributed by atoms with Gasteiger partial charge in [0.25, 0.3) is 5.91 Å². The van der Waals surface area contributed by atoms with Crippen LogP contribution in [0.5, 0.6) is 0 Å². The second-order valence-electron chi connectivity index (χ2n) is 5.83. The summed E-state index contributed by atoms with van der Waals surface area (Å²) in [7, 11) is 0. The van der Waals surface area contributed by atoms with Gasteiger partial charge in [-0.3, -0.25) is 9.48 Å². The monoisotopic (exact) mass is 335 g/mol. The van der Waals surface area contributed by atoms with E-state index in [-0.39, 0.29) is 12.5 Å². The number of fused-ring (bicyclic) bond motifs is 1. The Kier molecular flexibility index (Phi) is 3.99. The van der Waals surface area contributed by atoms with Gasteiger partial charge in [0.05, 0.1) is 12.2 Å². The van der Waals surface area contributed by atoms with Gasteiger partial charge in [-0.1, -0.05) is 24.3 Å². The first-order chi connectivity index (χ1) is 12.2. The number of nitrogens with one attached hydrogen (secondary N) is 1. The van der Waals surface area contributed by atoms with Crippen LogP contribution >= 0.6 is 0 Å². The summed E-state index contributed by atoms with van der Waals surface area (Å²) in [5.74, 6) is 0.488. The first-order valence-corrected chi connectivity index (χ1v) is 8.14.